The molecule has 0 aliphatic carbocycles. The van der Waals surface area contributed by atoms with Gasteiger partial charge in [-0.1, -0.05) is 97.1 Å². The normalized spacial score (nSPS) is 11.4. The summed E-state index contributed by atoms with van der Waals surface area (Å²) in [4.78, 5) is 27.7. The number of thiophene rings is 1. The monoisotopic (exact) mass is 595 g/mol. The SMILES string of the molecule is N#Cc1c(-c2ccccc2)csc1NC(=O)C(Sc1cccc(NC(=O)c2ccc3ccccc3c2)c1)c1ccccc1. The quantitative estimate of drug-likeness (QED) is 0.172. The maximum absolute atomic E-state index is 13.8. The molecule has 6 aromatic rings. The first-order valence-corrected chi connectivity index (χ1v) is 15.3. The Hall–Kier alpha value is -5.16. The topological polar surface area (TPSA) is 82.0 Å². The van der Waals surface area contributed by atoms with E-state index in [9.17, 15) is 14.9 Å². The van der Waals surface area contributed by atoms with Crippen molar-refractivity contribution in [2.75, 3.05) is 10.6 Å². The van der Waals surface area contributed by atoms with E-state index in [1.807, 2.05) is 133 Å². The van der Waals surface area contributed by atoms with Gasteiger partial charge in [0.15, 0.2) is 0 Å². The number of thioether (sulfide) groups is 1. The summed E-state index contributed by atoms with van der Waals surface area (Å²) >= 11 is 2.72. The van der Waals surface area contributed by atoms with E-state index < -0.39 is 5.25 Å². The zero-order chi connectivity index (χ0) is 29.6. The van der Waals surface area contributed by atoms with Crippen LogP contribution in [0.4, 0.5) is 10.7 Å². The zero-order valence-electron chi connectivity index (χ0n) is 22.9. The number of hydrogen-bond acceptors (Lipinski definition) is 5. The van der Waals surface area contributed by atoms with Crippen molar-refractivity contribution in [3.8, 4) is 17.2 Å². The predicted octanol–water partition coefficient (Wildman–Crippen LogP) is 9.16. The molecule has 1 atom stereocenters. The molecule has 5 aromatic carbocycles. The lowest BCUT2D eigenvalue weighted by atomic mass is 10.1. The van der Waals surface area contributed by atoms with Crippen molar-refractivity contribution in [3.05, 3.63) is 149 Å². The van der Waals surface area contributed by atoms with Crippen molar-refractivity contribution in [2.45, 2.75) is 10.1 Å². The molecule has 0 radical (unpaired) electrons. The first kappa shape index (κ1) is 28.0. The smallest absolute Gasteiger partial charge is 0.255 e. The van der Waals surface area contributed by atoms with Crippen molar-refractivity contribution in [2.24, 2.45) is 0 Å². The van der Waals surface area contributed by atoms with Gasteiger partial charge in [-0.2, -0.15) is 5.26 Å². The highest BCUT2D eigenvalue weighted by Crippen LogP contribution is 2.40. The van der Waals surface area contributed by atoms with Crippen molar-refractivity contribution >= 4 is 56.4 Å². The van der Waals surface area contributed by atoms with Crippen LogP contribution >= 0.6 is 23.1 Å². The molecule has 2 amide bonds. The van der Waals surface area contributed by atoms with Gasteiger partial charge in [0.25, 0.3) is 5.91 Å². The van der Waals surface area contributed by atoms with Crippen molar-refractivity contribution in [1.29, 1.82) is 5.26 Å². The summed E-state index contributed by atoms with van der Waals surface area (Å²) in [5.74, 6) is -0.444. The number of amides is 2. The van der Waals surface area contributed by atoms with Crippen LogP contribution in [0.5, 0.6) is 0 Å². The molecule has 6 rings (SSSR count). The Morgan fingerprint density at radius 1 is 0.744 bits per heavy atom. The summed E-state index contributed by atoms with van der Waals surface area (Å²) in [6.45, 7) is 0. The van der Waals surface area contributed by atoms with E-state index in [-0.39, 0.29) is 11.8 Å². The molecule has 7 heteroatoms. The summed E-state index contributed by atoms with van der Waals surface area (Å²) in [6, 6.07) is 42.5. The Labute approximate surface area is 257 Å². The van der Waals surface area contributed by atoms with E-state index in [0.29, 0.717) is 21.8 Å². The minimum atomic E-state index is -0.596. The van der Waals surface area contributed by atoms with Crippen LogP contribution in [0.25, 0.3) is 21.9 Å². The molecular formula is C36H25N3O2S2. The molecule has 43 heavy (non-hydrogen) atoms. The van der Waals surface area contributed by atoms with Gasteiger partial charge in [0, 0.05) is 27.1 Å². The number of anilines is 2. The Morgan fingerprint density at radius 2 is 1.47 bits per heavy atom. The summed E-state index contributed by atoms with van der Waals surface area (Å²) in [5.41, 5.74) is 4.19. The molecule has 0 saturated carbocycles. The minimum Gasteiger partial charge on any atom is -0.322 e. The van der Waals surface area contributed by atoms with Crippen LogP contribution in [0.2, 0.25) is 0 Å². The Bertz CT molecular complexity index is 1960. The van der Waals surface area contributed by atoms with Gasteiger partial charge in [0.2, 0.25) is 5.91 Å². The average molecular weight is 596 g/mol. The third kappa shape index (κ3) is 6.36. The van der Waals surface area contributed by atoms with E-state index in [1.54, 1.807) is 0 Å². The molecular weight excluding hydrogens is 571 g/mol. The molecule has 0 spiro atoms. The highest BCUT2D eigenvalue weighted by molar-refractivity contribution is 8.00. The Balaban J connectivity index is 1.23. The number of rotatable bonds is 8. The number of hydrogen-bond donors (Lipinski definition) is 2. The van der Waals surface area contributed by atoms with Crippen molar-refractivity contribution < 1.29 is 9.59 Å². The maximum atomic E-state index is 13.8. The fourth-order valence-electron chi connectivity index (χ4n) is 4.79. The van der Waals surface area contributed by atoms with E-state index in [0.717, 1.165) is 32.4 Å². The minimum absolute atomic E-state index is 0.207. The molecule has 0 fully saturated rings. The maximum Gasteiger partial charge on any atom is 0.255 e. The van der Waals surface area contributed by atoms with Crippen LogP contribution in [-0.2, 0) is 4.79 Å². The Morgan fingerprint density at radius 3 is 2.23 bits per heavy atom. The van der Waals surface area contributed by atoms with E-state index in [2.05, 4.69) is 16.7 Å². The number of carbonyl (C=O) groups excluding carboxylic acids is 2. The first-order chi connectivity index (χ1) is 21.1. The lowest BCUT2D eigenvalue weighted by Crippen LogP contribution is -2.19. The average Bonchev–Trinajstić information content (AvgIpc) is 3.46. The van der Waals surface area contributed by atoms with E-state index in [1.165, 1.54) is 23.1 Å². The van der Waals surface area contributed by atoms with Crippen molar-refractivity contribution in [1.82, 2.24) is 0 Å². The third-order valence-electron chi connectivity index (χ3n) is 6.92. The molecule has 5 nitrogen and oxygen atoms in total. The van der Waals surface area contributed by atoms with Gasteiger partial charge in [0.1, 0.15) is 16.3 Å². The van der Waals surface area contributed by atoms with Crippen LogP contribution in [0, 0.1) is 11.3 Å². The van der Waals surface area contributed by atoms with Gasteiger partial charge in [-0.05, 0) is 52.2 Å². The molecule has 208 valence electrons. The highest BCUT2D eigenvalue weighted by Gasteiger charge is 2.25. The van der Waals surface area contributed by atoms with Crippen LogP contribution in [0.15, 0.2) is 138 Å². The van der Waals surface area contributed by atoms with E-state index in [4.69, 9.17) is 0 Å². The molecule has 0 aliphatic rings. The van der Waals surface area contributed by atoms with Crippen molar-refractivity contribution in [3.63, 3.8) is 0 Å². The molecule has 0 bridgehead atoms. The van der Waals surface area contributed by atoms with Gasteiger partial charge >= 0.3 is 0 Å². The van der Waals surface area contributed by atoms with E-state index >= 15 is 0 Å². The highest BCUT2D eigenvalue weighted by atomic mass is 32.2. The van der Waals surface area contributed by atoms with Gasteiger partial charge < -0.3 is 10.6 Å². The number of fused-ring (bicyclic) bond motifs is 1. The third-order valence-corrected chi connectivity index (χ3v) is 9.07. The second-order valence-corrected chi connectivity index (χ2v) is 11.8. The number of nitriles is 1. The lowest BCUT2D eigenvalue weighted by molar-refractivity contribution is -0.115. The Kier molecular flexibility index (Phi) is 8.32. The van der Waals surface area contributed by atoms with Crippen LogP contribution in [-0.4, -0.2) is 11.8 Å². The molecule has 2 N–H and O–H groups in total. The second-order valence-electron chi connectivity index (χ2n) is 9.77. The van der Waals surface area contributed by atoms with Gasteiger partial charge in [-0.3, -0.25) is 9.59 Å². The number of nitrogens with one attached hydrogen (secondary N) is 2. The van der Waals surface area contributed by atoms with Gasteiger partial charge in [0.05, 0.1) is 5.56 Å². The van der Waals surface area contributed by atoms with Gasteiger partial charge in [-0.25, -0.2) is 0 Å². The fraction of sp³-hybridized carbons (Fsp3) is 0.0278. The summed E-state index contributed by atoms with van der Waals surface area (Å²) in [5, 5.41) is 19.9. The lowest BCUT2D eigenvalue weighted by Gasteiger charge is -2.17. The molecule has 0 saturated heterocycles. The fourth-order valence-corrected chi connectivity index (χ4v) is 6.79. The first-order valence-electron chi connectivity index (χ1n) is 13.6. The molecule has 0 aliphatic heterocycles. The van der Waals surface area contributed by atoms with Crippen LogP contribution in [0.3, 0.4) is 0 Å². The van der Waals surface area contributed by atoms with Crippen LogP contribution < -0.4 is 10.6 Å². The van der Waals surface area contributed by atoms with Crippen LogP contribution in [0.1, 0.15) is 26.7 Å². The molecule has 1 aromatic heterocycles. The van der Waals surface area contributed by atoms with Gasteiger partial charge in [-0.15, -0.1) is 23.1 Å². The largest absolute Gasteiger partial charge is 0.322 e. The summed E-state index contributed by atoms with van der Waals surface area (Å²) < 4.78 is 0. The molecule has 1 unspecified atom stereocenters. The number of benzene rings is 5. The number of nitrogens with zero attached hydrogens (tertiary/aromatic N) is 1. The predicted molar refractivity (Wildman–Crippen MR) is 176 cm³/mol. The standard InChI is InChI=1S/C36H25N3O2S2/c37-22-31-32(25-11-3-1-4-12-25)23-42-36(31)39-35(41)33(26-13-5-2-6-14-26)43-30-17-9-16-29(21-30)38-34(40)28-19-18-24-10-7-8-15-27(24)20-28/h1-21,23,33H,(H,38,40)(H,39,41). The second kappa shape index (κ2) is 12.8. The number of carbonyl (C=O) groups is 2. The zero-order valence-corrected chi connectivity index (χ0v) is 24.5. The molecule has 1 heterocycles. The summed E-state index contributed by atoms with van der Waals surface area (Å²) in [6.07, 6.45) is 0. The summed E-state index contributed by atoms with van der Waals surface area (Å²) in [7, 11) is 0.